The molecule has 0 bridgehead atoms. The van der Waals surface area contributed by atoms with Crippen molar-refractivity contribution in [2.75, 3.05) is 32.2 Å². The van der Waals surface area contributed by atoms with E-state index in [1.165, 1.54) is 0 Å². The van der Waals surface area contributed by atoms with Gasteiger partial charge in [-0.1, -0.05) is 0 Å². The molecule has 86 valence electrons. The summed E-state index contributed by atoms with van der Waals surface area (Å²) in [4.78, 5) is 17.8. The lowest BCUT2D eigenvalue weighted by molar-refractivity contribution is -0.00346. The third-order valence-electron chi connectivity index (χ3n) is 2.44. The number of carbonyl (C=O) groups excluding carboxylic acids is 1. The van der Waals surface area contributed by atoms with Crippen molar-refractivity contribution in [1.82, 2.24) is 10.3 Å². The van der Waals surface area contributed by atoms with Crippen LogP contribution in [0.15, 0.2) is 18.3 Å². The summed E-state index contributed by atoms with van der Waals surface area (Å²) in [5, 5.41) is 2.86. The molecule has 5 nitrogen and oxygen atoms in total. The van der Waals surface area contributed by atoms with Crippen molar-refractivity contribution in [2.24, 2.45) is 0 Å². The molecule has 2 heterocycles. The summed E-state index contributed by atoms with van der Waals surface area (Å²) in [5.41, 5.74) is 0.581. The van der Waals surface area contributed by atoms with Crippen LogP contribution in [0.2, 0.25) is 0 Å². The van der Waals surface area contributed by atoms with E-state index in [0.717, 1.165) is 5.82 Å². The van der Waals surface area contributed by atoms with E-state index in [2.05, 4.69) is 10.3 Å². The molecule has 1 aromatic rings. The van der Waals surface area contributed by atoms with Gasteiger partial charge in [-0.2, -0.15) is 0 Å². The van der Waals surface area contributed by atoms with E-state index >= 15 is 0 Å². The molecule has 1 aromatic heterocycles. The van der Waals surface area contributed by atoms with Gasteiger partial charge in [-0.3, -0.25) is 4.79 Å². The van der Waals surface area contributed by atoms with Gasteiger partial charge in [0.1, 0.15) is 5.82 Å². The monoisotopic (exact) mass is 221 g/mol. The smallest absolute Gasteiger partial charge is 0.253 e. The highest BCUT2D eigenvalue weighted by Crippen LogP contribution is 2.08. The van der Waals surface area contributed by atoms with E-state index in [0.29, 0.717) is 18.8 Å². The van der Waals surface area contributed by atoms with Crippen LogP contribution in [0.1, 0.15) is 10.4 Å². The lowest BCUT2D eigenvalue weighted by atomic mass is 10.2. The minimum atomic E-state index is -0.0916. The fraction of sp³-hybridized carbons (Fsp3) is 0.455. The molecule has 0 atom stereocenters. The molecule has 1 amide bonds. The highest BCUT2D eigenvalue weighted by Gasteiger charge is 2.20. The predicted molar refractivity (Wildman–Crippen MR) is 60.6 cm³/mol. The molecule has 0 spiro atoms. The van der Waals surface area contributed by atoms with Gasteiger partial charge in [0.15, 0.2) is 0 Å². The van der Waals surface area contributed by atoms with Crippen LogP contribution in [-0.2, 0) is 4.74 Å². The Labute approximate surface area is 94.4 Å². The third-order valence-corrected chi connectivity index (χ3v) is 2.44. The lowest BCUT2D eigenvalue weighted by Gasteiger charge is -2.26. The van der Waals surface area contributed by atoms with E-state index in [-0.39, 0.29) is 11.9 Å². The van der Waals surface area contributed by atoms with Gasteiger partial charge in [0, 0.05) is 20.3 Å². The first-order valence-corrected chi connectivity index (χ1v) is 5.19. The van der Waals surface area contributed by atoms with Crippen LogP contribution in [-0.4, -0.2) is 44.2 Å². The van der Waals surface area contributed by atoms with Crippen LogP contribution in [0, 0.1) is 0 Å². The molecule has 1 N–H and O–H groups in total. The zero-order valence-electron chi connectivity index (χ0n) is 9.43. The highest BCUT2D eigenvalue weighted by atomic mass is 16.5. The number of rotatable bonds is 3. The molecule has 1 aliphatic heterocycles. The zero-order chi connectivity index (χ0) is 11.5. The average Bonchev–Trinajstić information content (AvgIpc) is 2.23. The lowest BCUT2D eigenvalue weighted by Crippen LogP contribution is -2.48. The molecule has 5 heteroatoms. The first-order valence-electron chi connectivity index (χ1n) is 5.19. The number of hydrogen-bond donors (Lipinski definition) is 1. The Morgan fingerprint density at radius 2 is 2.25 bits per heavy atom. The van der Waals surface area contributed by atoms with E-state index in [9.17, 15) is 4.79 Å². The first kappa shape index (κ1) is 10.9. The van der Waals surface area contributed by atoms with Crippen LogP contribution in [0.4, 0.5) is 5.82 Å². The van der Waals surface area contributed by atoms with Gasteiger partial charge >= 0.3 is 0 Å². The third kappa shape index (κ3) is 2.30. The summed E-state index contributed by atoms with van der Waals surface area (Å²) in [5.74, 6) is 0.745. The highest BCUT2D eigenvalue weighted by molar-refractivity contribution is 5.94. The number of carbonyl (C=O) groups is 1. The molecule has 0 aliphatic carbocycles. The summed E-state index contributed by atoms with van der Waals surface area (Å²) >= 11 is 0. The van der Waals surface area contributed by atoms with Gasteiger partial charge < -0.3 is 15.0 Å². The van der Waals surface area contributed by atoms with Gasteiger partial charge in [0.25, 0.3) is 5.91 Å². The maximum atomic E-state index is 11.7. The number of aromatic nitrogens is 1. The largest absolute Gasteiger partial charge is 0.377 e. The van der Waals surface area contributed by atoms with Crippen molar-refractivity contribution in [3.05, 3.63) is 23.9 Å². The Morgan fingerprint density at radius 3 is 2.69 bits per heavy atom. The van der Waals surface area contributed by atoms with Crippen LogP contribution in [0.25, 0.3) is 0 Å². The number of nitrogens with one attached hydrogen (secondary N) is 1. The second-order valence-electron chi connectivity index (χ2n) is 4.01. The molecule has 0 aromatic carbocycles. The molecule has 0 radical (unpaired) electrons. The SMILES string of the molecule is CN(C)c1ccc(C(=O)NC2COC2)cn1. The van der Waals surface area contributed by atoms with E-state index in [1.54, 1.807) is 12.3 Å². The fourth-order valence-electron chi connectivity index (χ4n) is 1.37. The second-order valence-corrected chi connectivity index (χ2v) is 4.01. The first-order chi connectivity index (χ1) is 7.66. The fourth-order valence-corrected chi connectivity index (χ4v) is 1.37. The van der Waals surface area contributed by atoms with E-state index < -0.39 is 0 Å². The van der Waals surface area contributed by atoms with Crippen LogP contribution in [0.3, 0.4) is 0 Å². The van der Waals surface area contributed by atoms with Crippen molar-refractivity contribution >= 4 is 11.7 Å². The number of amides is 1. The van der Waals surface area contributed by atoms with Gasteiger partial charge in [-0.05, 0) is 12.1 Å². The molecular weight excluding hydrogens is 206 g/mol. The number of pyridine rings is 1. The van der Waals surface area contributed by atoms with Crippen molar-refractivity contribution in [3.8, 4) is 0 Å². The summed E-state index contributed by atoms with van der Waals surface area (Å²) in [6, 6.07) is 3.75. The standard InChI is InChI=1S/C11H15N3O2/c1-14(2)10-4-3-8(5-12-10)11(15)13-9-6-16-7-9/h3-5,9H,6-7H2,1-2H3,(H,13,15). The van der Waals surface area contributed by atoms with E-state index in [1.807, 2.05) is 25.1 Å². The maximum Gasteiger partial charge on any atom is 0.253 e. The minimum Gasteiger partial charge on any atom is -0.377 e. The Bertz CT molecular complexity index is 371. The van der Waals surface area contributed by atoms with Crippen molar-refractivity contribution < 1.29 is 9.53 Å². The molecule has 2 rings (SSSR count). The van der Waals surface area contributed by atoms with Crippen molar-refractivity contribution in [3.63, 3.8) is 0 Å². The predicted octanol–water partition coefficient (Wildman–Crippen LogP) is 0.276. The number of anilines is 1. The number of nitrogens with zero attached hydrogens (tertiary/aromatic N) is 2. The Kier molecular flexibility index (Phi) is 3.05. The Morgan fingerprint density at radius 1 is 1.50 bits per heavy atom. The van der Waals surface area contributed by atoms with Crippen molar-refractivity contribution in [1.29, 1.82) is 0 Å². The van der Waals surface area contributed by atoms with Gasteiger partial charge in [0.2, 0.25) is 0 Å². The number of ether oxygens (including phenoxy) is 1. The molecule has 16 heavy (non-hydrogen) atoms. The summed E-state index contributed by atoms with van der Waals surface area (Å²) in [6.45, 7) is 1.21. The molecule has 1 fully saturated rings. The van der Waals surface area contributed by atoms with Crippen LogP contribution in [0.5, 0.6) is 0 Å². The zero-order valence-corrected chi connectivity index (χ0v) is 9.43. The molecule has 0 saturated carbocycles. The second kappa shape index (κ2) is 4.49. The average molecular weight is 221 g/mol. The normalized spacial score (nSPS) is 15.4. The van der Waals surface area contributed by atoms with Gasteiger partial charge in [0.05, 0.1) is 24.8 Å². The summed E-state index contributed by atoms with van der Waals surface area (Å²) < 4.78 is 4.99. The molecule has 0 unspecified atom stereocenters. The van der Waals surface area contributed by atoms with E-state index in [4.69, 9.17) is 4.74 Å². The topological polar surface area (TPSA) is 54.5 Å². The van der Waals surface area contributed by atoms with Gasteiger partial charge in [-0.15, -0.1) is 0 Å². The Hall–Kier alpha value is -1.62. The van der Waals surface area contributed by atoms with Gasteiger partial charge in [-0.25, -0.2) is 4.98 Å². The molecule has 1 saturated heterocycles. The number of hydrogen-bond acceptors (Lipinski definition) is 4. The quantitative estimate of drug-likeness (QED) is 0.796. The Balaban J connectivity index is 2.00. The minimum absolute atomic E-state index is 0.0916. The molecule has 1 aliphatic rings. The van der Waals surface area contributed by atoms with Crippen molar-refractivity contribution in [2.45, 2.75) is 6.04 Å². The summed E-state index contributed by atoms with van der Waals surface area (Å²) in [7, 11) is 3.82. The maximum absolute atomic E-state index is 11.7. The van der Waals surface area contributed by atoms with Crippen LogP contribution >= 0.6 is 0 Å². The van der Waals surface area contributed by atoms with Crippen LogP contribution < -0.4 is 10.2 Å². The summed E-state index contributed by atoms with van der Waals surface area (Å²) in [6.07, 6.45) is 1.59. The molecular formula is C11H15N3O2.